The van der Waals surface area contributed by atoms with E-state index in [0.29, 0.717) is 10.7 Å². The van der Waals surface area contributed by atoms with Gasteiger partial charge in [0.2, 0.25) is 0 Å². The number of ether oxygens (including phenoxy) is 2. The van der Waals surface area contributed by atoms with Gasteiger partial charge in [0.15, 0.2) is 0 Å². The smallest absolute Gasteiger partial charge is 0.375 e. The molecular weight excluding hydrogens is 281 g/mol. The van der Waals surface area contributed by atoms with Gasteiger partial charge in [-0.25, -0.2) is 0 Å². The summed E-state index contributed by atoms with van der Waals surface area (Å²) in [4.78, 5) is 22.4. The Hall–Kier alpha value is -1.22. The lowest BCUT2D eigenvalue weighted by molar-refractivity contribution is -0.144. The molecule has 0 aromatic carbocycles. The van der Waals surface area contributed by atoms with Crippen LogP contribution in [0.4, 0.5) is 3.89 Å². The summed E-state index contributed by atoms with van der Waals surface area (Å²) < 4.78 is 44.9. The highest BCUT2D eigenvalue weighted by Crippen LogP contribution is 2.31. The molecule has 0 radical (unpaired) electrons. The summed E-state index contributed by atoms with van der Waals surface area (Å²) in [6.07, 6.45) is 0.520. The SMILES string of the molecule is COC(=O)CCC1CCC(C(=O)OC)N1S(=O)(=O)F. The van der Waals surface area contributed by atoms with Crippen LogP contribution in [0.25, 0.3) is 0 Å². The van der Waals surface area contributed by atoms with Crippen molar-refractivity contribution in [3.8, 4) is 0 Å². The minimum atomic E-state index is -5.03. The highest BCUT2D eigenvalue weighted by atomic mass is 32.3. The van der Waals surface area contributed by atoms with Crippen molar-refractivity contribution in [2.45, 2.75) is 37.8 Å². The number of carbonyl (C=O) groups excluding carboxylic acids is 2. The fraction of sp³-hybridized carbons (Fsp3) is 0.800. The van der Waals surface area contributed by atoms with Gasteiger partial charge in [-0.05, 0) is 19.3 Å². The summed E-state index contributed by atoms with van der Waals surface area (Å²) in [5, 5.41) is 0. The molecule has 2 unspecified atom stereocenters. The quantitative estimate of drug-likeness (QED) is 0.530. The number of nitrogens with zero attached hydrogens (tertiary/aromatic N) is 1. The number of esters is 2. The van der Waals surface area contributed by atoms with E-state index in [1.165, 1.54) is 7.11 Å². The lowest BCUT2D eigenvalue weighted by atomic mass is 10.1. The number of halogens is 1. The molecule has 0 spiro atoms. The highest BCUT2D eigenvalue weighted by Gasteiger charge is 2.45. The van der Waals surface area contributed by atoms with Crippen molar-refractivity contribution in [2.24, 2.45) is 0 Å². The van der Waals surface area contributed by atoms with Crippen LogP contribution in [-0.4, -0.2) is 51.0 Å². The first-order chi connectivity index (χ1) is 8.81. The molecule has 1 rings (SSSR count). The maximum absolute atomic E-state index is 13.3. The van der Waals surface area contributed by atoms with Crippen LogP contribution in [0.1, 0.15) is 25.7 Å². The molecule has 0 bridgehead atoms. The molecule has 2 atom stereocenters. The van der Waals surface area contributed by atoms with E-state index in [0.717, 1.165) is 7.11 Å². The maximum atomic E-state index is 13.3. The third kappa shape index (κ3) is 3.87. The summed E-state index contributed by atoms with van der Waals surface area (Å²) in [5.41, 5.74) is 0. The first-order valence-electron chi connectivity index (χ1n) is 5.69. The molecule has 1 fully saturated rings. The first kappa shape index (κ1) is 15.8. The Balaban J connectivity index is 2.82. The van der Waals surface area contributed by atoms with E-state index in [2.05, 4.69) is 9.47 Å². The topological polar surface area (TPSA) is 90.0 Å². The predicted molar refractivity (Wildman–Crippen MR) is 61.9 cm³/mol. The Kier molecular flexibility index (Phi) is 5.24. The van der Waals surface area contributed by atoms with Crippen molar-refractivity contribution in [1.29, 1.82) is 0 Å². The lowest BCUT2D eigenvalue weighted by Gasteiger charge is -2.23. The van der Waals surface area contributed by atoms with Gasteiger partial charge in [-0.15, -0.1) is 0 Å². The minimum Gasteiger partial charge on any atom is -0.469 e. The van der Waals surface area contributed by atoms with Gasteiger partial charge in [0, 0.05) is 12.5 Å². The molecule has 9 heteroatoms. The third-order valence-corrected chi connectivity index (χ3v) is 4.13. The van der Waals surface area contributed by atoms with E-state index >= 15 is 0 Å². The Morgan fingerprint density at radius 3 is 2.37 bits per heavy atom. The second-order valence-corrected chi connectivity index (χ2v) is 5.40. The largest absolute Gasteiger partial charge is 0.469 e. The zero-order valence-corrected chi connectivity index (χ0v) is 11.5. The van der Waals surface area contributed by atoms with E-state index in [1.54, 1.807) is 0 Å². The van der Waals surface area contributed by atoms with E-state index < -0.39 is 34.4 Å². The molecule has 1 aliphatic rings. The number of methoxy groups -OCH3 is 2. The molecule has 1 heterocycles. The highest BCUT2D eigenvalue weighted by molar-refractivity contribution is 7.84. The standard InChI is InChI=1S/C10H16FNO6S/c1-17-9(13)6-4-7-3-5-8(10(14)18-2)12(7)19(11,15)16/h7-8H,3-6H2,1-2H3. The van der Waals surface area contributed by atoms with E-state index in [4.69, 9.17) is 0 Å². The van der Waals surface area contributed by atoms with Crippen LogP contribution in [0.2, 0.25) is 0 Å². The minimum absolute atomic E-state index is 0.0406. The third-order valence-electron chi connectivity index (χ3n) is 3.07. The average Bonchev–Trinajstić information content (AvgIpc) is 2.78. The molecule has 0 N–H and O–H groups in total. The van der Waals surface area contributed by atoms with Gasteiger partial charge in [-0.1, -0.05) is 3.89 Å². The summed E-state index contributed by atoms with van der Waals surface area (Å²) >= 11 is 0. The van der Waals surface area contributed by atoms with Crippen LogP contribution in [0, 0.1) is 0 Å². The van der Waals surface area contributed by atoms with Gasteiger partial charge in [-0.2, -0.15) is 12.7 Å². The fourth-order valence-corrected chi connectivity index (χ4v) is 3.27. The summed E-state index contributed by atoms with van der Waals surface area (Å²) in [5.74, 6) is -1.32. The molecule has 0 aliphatic carbocycles. The second-order valence-electron chi connectivity index (χ2n) is 4.16. The summed E-state index contributed by atoms with van der Waals surface area (Å²) in [6, 6.07) is -1.90. The van der Waals surface area contributed by atoms with Gasteiger partial charge >= 0.3 is 22.3 Å². The van der Waals surface area contributed by atoms with Gasteiger partial charge < -0.3 is 9.47 Å². The molecule has 7 nitrogen and oxygen atoms in total. The summed E-state index contributed by atoms with van der Waals surface area (Å²) in [7, 11) is -2.72. The zero-order valence-electron chi connectivity index (χ0n) is 10.7. The molecule has 0 aromatic heterocycles. The Morgan fingerprint density at radius 2 is 1.89 bits per heavy atom. The summed E-state index contributed by atoms with van der Waals surface area (Å²) in [6.45, 7) is 0. The van der Waals surface area contributed by atoms with Crippen LogP contribution in [0.5, 0.6) is 0 Å². The first-order valence-corrected chi connectivity index (χ1v) is 7.03. The van der Waals surface area contributed by atoms with E-state index in [1.807, 2.05) is 0 Å². The molecular formula is C10H16FNO6S. The monoisotopic (exact) mass is 297 g/mol. The van der Waals surface area contributed by atoms with Crippen molar-refractivity contribution in [1.82, 2.24) is 4.31 Å². The van der Waals surface area contributed by atoms with Gasteiger partial charge in [-0.3, -0.25) is 9.59 Å². The number of hydrogen-bond donors (Lipinski definition) is 0. The van der Waals surface area contributed by atoms with Gasteiger partial charge in [0.05, 0.1) is 14.2 Å². The van der Waals surface area contributed by atoms with Crippen molar-refractivity contribution in [2.75, 3.05) is 14.2 Å². The van der Waals surface area contributed by atoms with Crippen molar-refractivity contribution >= 4 is 22.3 Å². The van der Waals surface area contributed by atoms with Gasteiger partial charge in [0.25, 0.3) is 0 Å². The van der Waals surface area contributed by atoms with Crippen LogP contribution in [0.15, 0.2) is 0 Å². The Labute approximate surface area is 111 Å². The maximum Gasteiger partial charge on any atom is 0.375 e. The average molecular weight is 297 g/mol. The molecule has 0 aromatic rings. The van der Waals surface area contributed by atoms with Crippen molar-refractivity contribution < 1.29 is 31.4 Å². The molecule has 0 saturated carbocycles. The van der Waals surface area contributed by atoms with Crippen molar-refractivity contribution in [3.05, 3.63) is 0 Å². The second kappa shape index (κ2) is 6.29. The molecule has 1 aliphatic heterocycles. The zero-order chi connectivity index (χ0) is 14.6. The van der Waals surface area contributed by atoms with Crippen LogP contribution in [-0.2, 0) is 29.5 Å². The molecule has 19 heavy (non-hydrogen) atoms. The predicted octanol–water partition coefficient (Wildman–Crippen LogP) is 0.160. The number of rotatable bonds is 5. The lowest BCUT2D eigenvalue weighted by Crippen LogP contribution is -2.43. The molecule has 0 amide bonds. The van der Waals surface area contributed by atoms with Crippen LogP contribution < -0.4 is 0 Å². The van der Waals surface area contributed by atoms with Crippen molar-refractivity contribution in [3.63, 3.8) is 0 Å². The Bertz CT molecular complexity index is 451. The van der Waals surface area contributed by atoms with Gasteiger partial charge in [0.1, 0.15) is 6.04 Å². The van der Waals surface area contributed by atoms with E-state index in [9.17, 15) is 21.9 Å². The normalized spacial score (nSPS) is 24.2. The number of hydrogen-bond acceptors (Lipinski definition) is 6. The molecule has 1 saturated heterocycles. The fourth-order valence-electron chi connectivity index (χ4n) is 2.21. The number of carbonyl (C=O) groups is 2. The van der Waals surface area contributed by atoms with Crippen LogP contribution >= 0.6 is 0 Å². The molecule has 110 valence electrons. The van der Waals surface area contributed by atoms with E-state index in [-0.39, 0.29) is 19.3 Å². The van der Waals surface area contributed by atoms with Crippen LogP contribution in [0.3, 0.4) is 0 Å². The Morgan fingerprint density at radius 1 is 1.26 bits per heavy atom.